The molecule has 3 nitrogen and oxygen atoms in total. The molecule has 0 atom stereocenters. The lowest BCUT2D eigenvalue weighted by Gasteiger charge is -2.22. The van der Waals surface area contributed by atoms with Gasteiger partial charge < -0.3 is 13.7 Å². The Hall–Kier alpha value is -6.84. The maximum Gasteiger partial charge on any atom is 0.0542 e. The second-order valence-corrected chi connectivity index (χ2v) is 25.2. The van der Waals surface area contributed by atoms with Crippen LogP contribution in [-0.2, 0) is 27.1 Å². The van der Waals surface area contributed by atoms with Gasteiger partial charge in [0.2, 0.25) is 0 Å². The van der Waals surface area contributed by atoms with Crippen LogP contribution in [0, 0.1) is 0 Å². The molecule has 0 amide bonds. The summed E-state index contributed by atoms with van der Waals surface area (Å²) in [5.74, 6) is 0. The third kappa shape index (κ3) is 6.60. The molecule has 0 radical (unpaired) electrons. The van der Waals surface area contributed by atoms with Gasteiger partial charge in [-0.05, 0) is 163 Å². The summed E-state index contributed by atoms with van der Waals surface area (Å²) in [6.07, 6.45) is 0. The minimum atomic E-state index is -0.118. The van der Waals surface area contributed by atoms with Crippen molar-refractivity contribution in [3.63, 3.8) is 0 Å². The van der Waals surface area contributed by atoms with E-state index in [1.54, 1.807) is 0 Å². The largest absolute Gasteiger partial charge is 0.309 e. The highest BCUT2D eigenvalue weighted by atomic mass is 15.0. The lowest BCUT2D eigenvalue weighted by atomic mass is 9.82. The van der Waals surface area contributed by atoms with Gasteiger partial charge in [-0.3, -0.25) is 0 Å². The third-order valence-corrected chi connectivity index (χ3v) is 16.1. The van der Waals surface area contributed by atoms with Crippen LogP contribution >= 0.6 is 0 Å². The molecule has 0 saturated carbocycles. The van der Waals surface area contributed by atoms with Gasteiger partial charge in [-0.15, -0.1) is 0 Å². The van der Waals surface area contributed by atoms with Crippen LogP contribution < -0.4 is 0 Å². The summed E-state index contributed by atoms with van der Waals surface area (Å²) in [5.41, 5.74) is 21.6. The molecule has 11 aromatic rings. The first-order valence-corrected chi connectivity index (χ1v) is 25.5. The molecule has 1 aliphatic rings. The zero-order valence-electron chi connectivity index (χ0n) is 43.8. The fraction of sp³-hybridized carbons (Fsp3) is 0.284. The van der Waals surface area contributed by atoms with E-state index in [9.17, 15) is 0 Å². The van der Waals surface area contributed by atoms with Crippen molar-refractivity contribution in [3.05, 3.63) is 185 Å². The van der Waals surface area contributed by atoms with Gasteiger partial charge in [-0.1, -0.05) is 152 Å². The Bertz CT molecular complexity index is 3650. The summed E-state index contributed by atoms with van der Waals surface area (Å²) in [6, 6.07) is 59.1. The highest BCUT2D eigenvalue weighted by molar-refractivity contribution is 6.14. The van der Waals surface area contributed by atoms with Gasteiger partial charge in [0.05, 0.1) is 33.1 Å². The average molecular weight is 914 g/mol. The Morgan fingerprint density at radius 2 is 0.571 bits per heavy atom. The van der Waals surface area contributed by atoms with Crippen LogP contribution in [0.3, 0.4) is 0 Å². The first-order valence-electron chi connectivity index (χ1n) is 25.5. The molecule has 1 aliphatic carbocycles. The summed E-state index contributed by atoms with van der Waals surface area (Å²) < 4.78 is 7.54. The molecule has 12 rings (SSSR count). The smallest absolute Gasteiger partial charge is 0.0542 e. The van der Waals surface area contributed by atoms with Crippen LogP contribution in [0.4, 0.5) is 0 Å². The van der Waals surface area contributed by atoms with E-state index in [-0.39, 0.29) is 27.1 Å². The summed E-state index contributed by atoms with van der Waals surface area (Å²) >= 11 is 0. The monoisotopic (exact) mass is 914 g/mol. The molecule has 350 valence electrons. The molecule has 8 aromatic carbocycles. The van der Waals surface area contributed by atoms with E-state index in [0.717, 1.165) is 11.4 Å². The maximum absolute atomic E-state index is 2.52. The highest BCUT2D eigenvalue weighted by Crippen LogP contribution is 2.50. The van der Waals surface area contributed by atoms with Gasteiger partial charge in [-0.25, -0.2) is 0 Å². The molecule has 0 saturated heterocycles. The fourth-order valence-electron chi connectivity index (χ4n) is 11.9. The Labute approximate surface area is 414 Å². The molecule has 0 spiro atoms. The quantitative estimate of drug-likeness (QED) is 0.168. The normalized spacial score (nSPS) is 14.3. The van der Waals surface area contributed by atoms with Crippen molar-refractivity contribution in [1.82, 2.24) is 13.7 Å². The fourth-order valence-corrected chi connectivity index (χ4v) is 11.9. The number of hydrogen-bond acceptors (Lipinski definition) is 0. The first kappa shape index (κ1) is 44.4. The van der Waals surface area contributed by atoms with Crippen LogP contribution in [0.2, 0.25) is 0 Å². The van der Waals surface area contributed by atoms with Crippen LogP contribution in [0.15, 0.2) is 152 Å². The van der Waals surface area contributed by atoms with Crippen LogP contribution in [0.1, 0.15) is 130 Å². The molecular weight excluding hydrogens is 847 g/mol. The van der Waals surface area contributed by atoms with Gasteiger partial charge >= 0.3 is 0 Å². The molecule has 3 heteroatoms. The van der Waals surface area contributed by atoms with Crippen LogP contribution in [0.25, 0.3) is 93.6 Å². The van der Waals surface area contributed by atoms with Crippen molar-refractivity contribution in [2.24, 2.45) is 0 Å². The van der Waals surface area contributed by atoms with Gasteiger partial charge in [0.25, 0.3) is 0 Å². The number of rotatable bonds is 3. The van der Waals surface area contributed by atoms with Gasteiger partial charge in [0.15, 0.2) is 0 Å². The molecule has 70 heavy (non-hydrogen) atoms. The van der Waals surface area contributed by atoms with Gasteiger partial charge in [0.1, 0.15) is 0 Å². The third-order valence-electron chi connectivity index (χ3n) is 16.1. The number of fused-ring (bicyclic) bond motifs is 12. The Kier molecular flexibility index (Phi) is 9.26. The Morgan fingerprint density at radius 1 is 0.286 bits per heavy atom. The predicted octanol–water partition coefficient (Wildman–Crippen LogP) is 18.5. The lowest BCUT2D eigenvalue weighted by Crippen LogP contribution is -2.15. The number of benzene rings is 8. The van der Waals surface area contributed by atoms with E-state index in [1.807, 2.05) is 0 Å². The predicted molar refractivity (Wildman–Crippen MR) is 302 cm³/mol. The summed E-state index contributed by atoms with van der Waals surface area (Å²) in [5, 5.41) is 7.67. The SMILES string of the molecule is CC(C)(C)c1ccc2c(c1)c1cc(C(C)(C)C)ccc1n2-c1ccc2c(c1)c1cc(-n3c4ccc(C(C)(C)C)cc4c4cc(C(C)(C)C)ccc43)ccc1n2-c1ccc2c(c1)C(C)(C)c1ccccc1-2. The topological polar surface area (TPSA) is 14.8 Å². The Balaban J connectivity index is 1.15. The number of hydrogen-bond donors (Lipinski definition) is 0. The average Bonchev–Trinajstić information content (AvgIpc) is 3.99. The van der Waals surface area contributed by atoms with Crippen LogP contribution in [-0.4, -0.2) is 13.7 Å². The molecule has 3 heterocycles. The Morgan fingerprint density at radius 3 is 0.929 bits per heavy atom. The summed E-state index contributed by atoms with van der Waals surface area (Å²) in [6.45, 7) is 32.6. The molecule has 0 aliphatic heterocycles. The highest BCUT2D eigenvalue weighted by Gasteiger charge is 2.36. The number of aromatic nitrogens is 3. The van der Waals surface area contributed by atoms with Crippen molar-refractivity contribution < 1.29 is 0 Å². The molecule has 0 fully saturated rings. The van der Waals surface area contributed by atoms with Crippen molar-refractivity contribution in [2.75, 3.05) is 0 Å². The van der Waals surface area contributed by atoms with E-state index < -0.39 is 0 Å². The van der Waals surface area contributed by atoms with Crippen molar-refractivity contribution >= 4 is 65.4 Å². The lowest BCUT2D eigenvalue weighted by molar-refractivity contribution is 0.590. The minimum Gasteiger partial charge on any atom is -0.309 e. The molecular formula is C67H67N3. The molecule has 0 unspecified atom stereocenters. The molecule has 0 N–H and O–H groups in total. The van der Waals surface area contributed by atoms with Crippen molar-refractivity contribution in [3.8, 4) is 28.2 Å². The summed E-state index contributed by atoms with van der Waals surface area (Å²) in [4.78, 5) is 0. The van der Waals surface area contributed by atoms with E-state index in [1.165, 1.54) is 116 Å². The second kappa shape index (κ2) is 14.6. The molecule has 0 bridgehead atoms. The van der Waals surface area contributed by atoms with E-state index in [0.29, 0.717) is 0 Å². The van der Waals surface area contributed by atoms with Crippen LogP contribution in [0.5, 0.6) is 0 Å². The first-order chi connectivity index (χ1) is 33.0. The maximum atomic E-state index is 2.52. The standard InChI is InChI=1S/C67H67N3/c1-63(2,3)40-19-27-57-49(33-40)50-34-41(64(4,5)6)20-28-58(50)68(57)44-24-31-61-53(37-44)54-38-45(25-32-62(54)70(61)46-23-26-48-47-17-15-16-18-55(47)67(13,14)56(48)39-46)69-59-29-21-42(65(7,8)9)35-51(59)52-36-43(66(10,11)12)22-30-60(52)69/h15-39H,1-14H3. The summed E-state index contributed by atoms with van der Waals surface area (Å²) in [7, 11) is 0. The zero-order chi connectivity index (χ0) is 49.2. The van der Waals surface area contributed by atoms with Crippen molar-refractivity contribution in [2.45, 2.75) is 124 Å². The minimum absolute atomic E-state index is 0.0262. The van der Waals surface area contributed by atoms with E-state index in [2.05, 4.69) is 262 Å². The zero-order valence-corrected chi connectivity index (χ0v) is 43.8. The van der Waals surface area contributed by atoms with E-state index >= 15 is 0 Å². The van der Waals surface area contributed by atoms with Gasteiger partial charge in [0, 0.05) is 54.8 Å². The molecule has 3 aromatic heterocycles. The van der Waals surface area contributed by atoms with Gasteiger partial charge in [-0.2, -0.15) is 0 Å². The second-order valence-electron chi connectivity index (χ2n) is 25.2. The van der Waals surface area contributed by atoms with Crippen molar-refractivity contribution in [1.29, 1.82) is 0 Å². The number of nitrogens with zero attached hydrogens (tertiary/aromatic N) is 3. The van der Waals surface area contributed by atoms with E-state index in [4.69, 9.17) is 0 Å².